The van der Waals surface area contributed by atoms with Gasteiger partial charge in [-0.1, -0.05) is 6.58 Å². The molecular formula is C16H26N4O6. The molecule has 10 heteroatoms. The van der Waals surface area contributed by atoms with E-state index in [1.165, 1.54) is 27.7 Å². The van der Waals surface area contributed by atoms with E-state index in [1.54, 1.807) is 0 Å². The zero-order chi connectivity index (χ0) is 20.2. The lowest BCUT2D eigenvalue weighted by Crippen LogP contribution is -2.42. The van der Waals surface area contributed by atoms with E-state index >= 15 is 0 Å². The lowest BCUT2D eigenvalue weighted by molar-refractivity contribution is -0.141. The first-order valence-corrected chi connectivity index (χ1v) is 7.96. The van der Waals surface area contributed by atoms with Gasteiger partial charge in [-0.25, -0.2) is 4.79 Å². The Morgan fingerprint density at radius 3 is 2.15 bits per heavy atom. The minimum Gasteiger partial charge on any atom is -0.464 e. The number of hydrogen-bond donors (Lipinski definition) is 2. The SMILES string of the molecule is C=C(C)C(=O)OCCNC(=O)C(C)(C)N=NCC(=O)NCCOC(C)=O. The quantitative estimate of drug-likeness (QED) is 0.230. The molecule has 2 amide bonds. The Bertz CT molecular complexity index is 571. The average Bonchev–Trinajstić information content (AvgIpc) is 2.54. The van der Waals surface area contributed by atoms with Crippen LogP contribution in [0.25, 0.3) is 0 Å². The minimum atomic E-state index is -1.18. The van der Waals surface area contributed by atoms with Crippen LogP contribution in [0.3, 0.4) is 0 Å². The highest BCUT2D eigenvalue weighted by molar-refractivity contribution is 5.87. The van der Waals surface area contributed by atoms with Crippen LogP contribution in [0.15, 0.2) is 22.4 Å². The van der Waals surface area contributed by atoms with Gasteiger partial charge in [0.15, 0.2) is 5.54 Å². The Hall–Kier alpha value is -2.78. The maximum atomic E-state index is 12.0. The molecule has 0 saturated heterocycles. The largest absolute Gasteiger partial charge is 0.464 e. The standard InChI is InChI=1S/C16H26N4O6/c1-11(2)14(23)26-9-7-18-15(24)16(4,5)20-19-10-13(22)17-6-8-25-12(3)21/h1,6-10H2,2-5H3,(H,17,22)(H,18,24). The summed E-state index contributed by atoms with van der Waals surface area (Å²) in [5.41, 5.74) is -0.910. The first-order valence-electron chi connectivity index (χ1n) is 7.96. The molecule has 0 aliphatic heterocycles. The molecule has 0 saturated carbocycles. The highest BCUT2D eigenvalue weighted by atomic mass is 16.5. The molecule has 0 aliphatic rings. The van der Waals surface area contributed by atoms with E-state index in [0.29, 0.717) is 0 Å². The van der Waals surface area contributed by atoms with Crippen LogP contribution in [0, 0.1) is 0 Å². The number of ether oxygens (including phenoxy) is 2. The summed E-state index contributed by atoms with van der Waals surface area (Å²) in [5.74, 6) is -1.80. The molecule has 0 aromatic heterocycles. The van der Waals surface area contributed by atoms with Gasteiger partial charge in [-0.2, -0.15) is 10.2 Å². The van der Waals surface area contributed by atoms with Crippen molar-refractivity contribution in [2.75, 3.05) is 32.8 Å². The van der Waals surface area contributed by atoms with Gasteiger partial charge in [0.2, 0.25) is 11.8 Å². The number of hydrogen-bond acceptors (Lipinski definition) is 8. The summed E-state index contributed by atoms with van der Waals surface area (Å²) >= 11 is 0. The lowest BCUT2D eigenvalue weighted by Gasteiger charge is -2.17. The zero-order valence-corrected chi connectivity index (χ0v) is 15.6. The smallest absolute Gasteiger partial charge is 0.333 e. The van der Waals surface area contributed by atoms with E-state index in [2.05, 4.69) is 32.2 Å². The van der Waals surface area contributed by atoms with E-state index < -0.39 is 29.3 Å². The number of amides is 2. The van der Waals surface area contributed by atoms with Gasteiger partial charge in [0, 0.05) is 12.5 Å². The molecule has 0 spiro atoms. The van der Waals surface area contributed by atoms with Crippen molar-refractivity contribution in [1.82, 2.24) is 10.6 Å². The fourth-order valence-corrected chi connectivity index (χ4v) is 1.41. The van der Waals surface area contributed by atoms with E-state index in [0.717, 1.165) is 0 Å². The third-order valence-electron chi connectivity index (χ3n) is 2.79. The van der Waals surface area contributed by atoms with Gasteiger partial charge in [-0.05, 0) is 20.8 Å². The molecule has 0 bridgehead atoms. The highest BCUT2D eigenvalue weighted by Gasteiger charge is 2.27. The molecule has 0 atom stereocenters. The highest BCUT2D eigenvalue weighted by Crippen LogP contribution is 2.09. The Morgan fingerprint density at radius 1 is 1.00 bits per heavy atom. The van der Waals surface area contributed by atoms with Crippen molar-refractivity contribution in [3.05, 3.63) is 12.2 Å². The summed E-state index contributed by atoms with van der Waals surface area (Å²) in [4.78, 5) is 45.3. The third-order valence-corrected chi connectivity index (χ3v) is 2.79. The number of carbonyl (C=O) groups is 4. The Kier molecular flexibility index (Phi) is 10.5. The number of nitrogens with zero attached hydrogens (tertiary/aromatic N) is 2. The molecule has 0 aliphatic carbocycles. The average molecular weight is 370 g/mol. The van der Waals surface area contributed by atoms with Crippen molar-refractivity contribution in [1.29, 1.82) is 0 Å². The molecule has 0 radical (unpaired) electrons. The van der Waals surface area contributed by atoms with Gasteiger partial charge in [-0.15, -0.1) is 0 Å². The summed E-state index contributed by atoms with van der Waals surface area (Å²) in [5, 5.41) is 12.6. The molecule has 0 fully saturated rings. The van der Waals surface area contributed by atoms with E-state index in [-0.39, 0.29) is 38.4 Å². The van der Waals surface area contributed by atoms with Crippen LogP contribution in [0.1, 0.15) is 27.7 Å². The van der Waals surface area contributed by atoms with Crippen LogP contribution in [0.4, 0.5) is 0 Å². The summed E-state index contributed by atoms with van der Waals surface area (Å²) in [7, 11) is 0. The second kappa shape index (κ2) is 11.7. The molecule has 0 unspecified atom stereocenters. The van der Waals surface area contributed by atoms with Crippen LogP contribution in [-0.4, -0.2) is 62.1 Å². The van der Waals surface area contributed by atoms with Gasteiger partial charge in [-0.3, -0.25) is 14.4 Å². The number of azo groups is 1. The van der Waals surface area contributed by atoms with Gasteiger partial charge in [0.1, 0.15) is 19.8 Å². The van der Waals surface area contributed by atoms with Gasteiger partial charge < -0.3 is 20.1 Å². The van der Waals surface area contributed by atoms with Crippen LogP contribution >= 0.6 is 0 Å². The summed E-state index contributed by atoms with van der Waals surface area (Å²) < 4.78 is 9.51. The third kappa shape index (κ3) is 10.9. The topological polar surface area (TPSA) is 136 Å². The van der Waals surface area contributed by atoms with Crippen molar-refractivity contribution < 1.29 is 28.7 Å². The zero-order valence-electron chi connectivity index (χ0n) is 15.6. The molecule has 0 aromatic carbocycles. The molecule has 0 heterocycles. The Balaban J connectivity index is 4.12. The summed E-state index contributed by atoms with van der Waals surface area (Å²) in [6, 6.07) is 0. The molecule has 26 heavy (non-hydrogen) atoms. The van der Waals surface area contributed by atoms with E-state index in [9.17, 15) is 19.2 Å². The van der Waals surface area contributed by atoms with E-state index in [4.69, 9.17) is 4.74 Å². The van der Waals surface area contributed by atoms with Crippen LogP contribution in [-0.2, 0) is 28.7 Å². The predicted octanol–water partition coefficient (Wildman–Crippen LogP) is 0.132. The van der Waals surface area contributed by atoms with Gasteiger partial charge in [0.05, 0.1) is 13.1 Å². The second-order valence-electron chi connectivity index (χ2n) is 5.82. The second-order valence-corrected chi connectivity index (χ2v) is 5.82. The van der Waals surface area contributed by atoms with Crippen LogP contribution < -0.4 is 10.6 Å². The van der Waals surface area contributed by atoms with Crippen molar-refractivity contribution >= 4 is 23.8 Å². The number of nitrogens with one attached hydrogen (secondary N) is 2. The maximum Gasteiger partial charge on any atom is 0.333 e. The summed E-state index contributed by atoms with van der Waals surface area (Å²) in [6.07, 6.45) is 0. The molecular weight excluding hydrogens is 344 g/mol. The van der Waals surface area contributed by atoms with Crippen molar-refractivity contribution in [3.8, 4) is 0 Å². The first kappa shape index (κ1) is 23.2. The molecule has 0 rings (SSSR count). The fraction of sp³-hybridized carbons (Fsp3) is 0.625. The number of carbonyl (C=O) groups excluding carboxylic acids is 4. The molecule has 10 nitrogen and oxygen atoms in total. The maximum absolute atomic E-state index is 12.0. The van der Waals surface area contributed by atoms with Gasteiger partial charge >= 0.3 is 11.9 Å². The Morgan fingerprint density at radius 2 is 1.58 bits per heavy atom. The van der Waals surface area contributed by atoms with Crippen LogP contribution in [0.2, 0.25) is 0 Å². The molecule has 146 valence electrons. The number of esters is 2. The van der Waals surface area contributed by atoms with Gasteiger partial charge in [0.25, 0.3) is 0 Å². The lowest BCUT2D eigenvalue weighted by atomic mass is 10.1. The predicted molar refractivity (Wildman–Crippen MR) is 92.2 cm³/mol. The monoisotopic (exact) mass is 370 g/mol. The van der Waals surface area contributed by atoms with Crippen molar-refractivity contribution in [2.45, 2.75) is 33.2 Å². The van der Waals surface area contributed by atoms with Crippen molar-refractivity contribution in [3.63, 3.8) is 0 Å². The normalized spacial score (nSPS) is 10.9. The Labute approximate surface area is 152 Å². The first-order chi connectivity index (χ1) is 12.1. The van der Waals surface area contributed by atoms with Crippen LogP contribution in [0.5, 0.6) is 0 Å². The number of rotatable bonds is 11. The fourth-order valence-electron chi connectivity index (χ4n) is 1.41. The molecule has 2 N–H and O–H groups in total. The summed E-state index contributed by atoms with van der Waals surface area (Å²) in [6.45, 7) is 9.41. The molecule has 0 aromatic rings. The minimum absolute atomic E-state index is 0.00932. The van der Waals surface area contributed by atoms with Crippen molar-refractivity contribution in [2.24, 2.45) is 10.2 Å². The van der Waals surface area contributed by atoms with E-state index in [1.807, 2.05) is 0 Å².